The molecule has 1 heterocycles. The van der Waals surface area contributed by atoms with Crippen LogP contribution in [-0.2, 0) is 16.4 Å². The van der Waals surface area contributed by atoms with Crippen molar-refractivity contribution in [1.29, 1.82) is 0 Å². The number of sulfonamides is 1. The molecule has 18 heavy (non-hydrogen) atoms. The summed E-state index contributed by atoms with van der Waals surface area (Å²) < 4.78 is 24.6. The van der Waals surface area contributed by atoms with Crippen LogP contribution in [0.2, 0.25) is 0 Å². The van der Waals surface area contributed by atoms with E-state index in [1.807, 2.05) is 0 Å². The Kier molecular flexibility index (Phi) is 4.04. The molecule has 4 nitrogen and oxygen atoms in total. The summed E-state index contributed by atoms with van der Waals surface area (Å²) in [5, 5.41) is 3.38. The predicted molar refractivity (Wildman–Crippen MR) is 73.1 cm³/mol. The number of nitrogens with one attached hydrogen (secondary N) is 1. The summed E-state index contributed by atoms with van der Waals surface area (Å²) in [6, 6.07) is 8.60. The molecular formula is C13H20N2O2S. The molecule has 0 saturated carbocycles. The van der Waals surface area contributed by atoms with Crippen LogP contribution >= 0.6 is 0 Å². The van der Waals surface area contributed by atoms with E-state index in [1.54, 1.807) is 4.31 Å². The van der Waals surface area contributed by atoms with E-state index in [4.69, 9.17) is 0 Å². The van der Waals surface area contributed by atoms with Crippen molar-refractivity contribution in [2.75, 3.05) is 25.9 Å². The Morgan fingerprint density at radius 1 is 1.33 bits per heavy atom. The maximum atomic E-state index is 11.5. The second-order valence-corrected chi connectivity index (χ2v) is 6.94. The van der Waals surface area contributed by atoms with Crippen LogP contribution in [0.15, 0.2) is 24.3 Å². The fraction of sp³-hybridized carbons (Fsp3) is 0.538. The minimum absolute atomic E-state index is 0.205. The zero-order valence-electron chi connectivity index (χ0n) is 10.9. The maximum Gasteiger partial charge on any atom is 0.211 e. The van der Waals surface area contributed by atoms with Crippen LogP contribution in [0, 0.1) is 6.92 Å². The lowest BCUT2D eigenvalue weighted by Gasteiger charge is -2.32. The van der Waals surface area contributed by atoms with E-state index < -0.39 is 10.0 Å². The van der Waals surface area contributed by atoms with Gasteiger partial charge in [0.15, 0.2) is 0 Å². The lowest BCUT2D eigenvalue weighted by Crippen LogP contribution is -2.53. The number of benzene rings is 1. The highest BCUT2D eigenvalue weighted by Crippen LogP contribution is 2.11. The Morgan fingerprint density at radius 3 is 2.61 bits per heavy atom. The third-order valence-electron chi connectivity index (χ3n) is 3.29. The van der Waals surface area contributed by atoms with E-state index in [2.05, 4.69) is 36.5 Å². The lowest BCUT2D eigenvalue weighted by atomic mass is 10.0. The molecule has 2 rings (SSSR count). The van der Waals surface area contributed by atoms with Crippen LogP contribution in [0.1, 0.15) is 11.1 Å². The standard InChI is InChI=1S/C13H20N2O2S/c1-11-3-5-12(6-4-11)9-13-10-15(8-7-14-13)18(2,16)17/h3-6,13-14H,7-10H2,1-2H3. The Morgan fingerprint density at radius 2 is 2.00 bits per heavy atom. The minimum atomic E-state index is -3.06. The zero-order valence-corrected chi connectivity index (χ0v) is 11.7. The third kappa shape index (κ3) is 3.54. The third-order valence-corrected chi connectivity index (χ3v) is 4.56. The molecule has 5 heteroatoms. The molecule has 1 atom stereocenters. The first-order valence-electron chi connectivity index (χ1n) is 6.19. The highest BCUT2D eigenvalue weighted by atomic mass is 32.2. The van der Waals surface area contributed by atoms with Crippen molar-refractivity contribution in [2.45, 2.75) is 19.4 Å². The average Bonchev–Trinajstić information content (AvgIpc) is 2.31. The summed E-state index contributed by atoms with van der Waals surface area (Å²) in [7, 11) is -3.06. The van der Waals surface area contributed by atoms with E-state index >= 15 is 0 Å². The van der Waals surface area contributed by atoms with E-state index in [-0.39, 0.29) is 6.04 Å². The van der Waals surface area contributed by atoms with E-state index in [0.29, 0.717) is 13.1 Å². The molecule has 1 aliphatic heterocycles. The molecule has 0 aliphatic carbocycles. The molecule has 0 spiro atoms. The Balaban J connectivity index is 2.00. The summed E-state index contributed by atoms with van der Waals surface area (Å²) in [5.41, 5.74) is 2.49. The summed E-state index contributed by atoms with van der Waals surface area (Å²) in [5.74, 6) is 0. The fourth-order valence-corrected chi connectivity index (χ4v) is 3.12. The minimum Gasteiger partial charge on any atom is -0.311 e. The zero-order chi connectivity index (χ0) is 13.2. The molecule has 100 valence electrons. The SMILES string of the molecule is Cc1ccc(CC2CN(S(C)(=O)=O)CCN2)cc1. The highest BCUT2D eigenvalue weighted by molar-refractivity contribution is 7.88. The molecule has 1 fully saturated rings. The smallest absolute Gasteiger partial charge is 0.211 e. The number of aryl methyl sites for hydroxylation is 1. The number of piperazine rings is 1. The first-order valence-corrected chi connectivity index (χ1v) is 8.04. The quantitative estimate of drug-likeness (QED) is 0.881. The van der Waals surface area contributed by atoms with Crippen molar-refractivity contribution in [3.63, 3.8) is 0 Å². The molecule has 1 aromatic carbocycles. The topological polar surface area (TPSA) is 49.4 Å². The first-order chi connectivity index (χ1) is 8.45. The Labute approximate surface area is 109 Å². The summed E-state index contributed by atoms with van der Waals surface area (Å²) in [6.07, 6.45) is 2.15. The number of hydrogen-bond donors (Lipinski definition) is 1. The van der Waals surface area contributed by atoms with Gasteiger partial charge >= 0.3 is 0 Å². The van der Waals surface area contributed by atoms with E-state index in [0.717, 1.165) is 13.0 Å². The molecule has 1 N–H and O–H groups in total. The van der Waals surface area contributed by atoms with Crippen molar-refractivity contribution in [2.24, 2.45) is 0 Å². The van der Waals surface area contributed by atoms with Gasteiger partial charge in [0.1, 0.15) is 0 Å². The molecule has 1 saturated heterocycles. The van der Waals surface area contributed by atoms with Crippen LogP contribution < -0.4 is 5.32 Å². The Bertz CT molecular complexity index is 496. The molecule has 1 aliphatic rings. The van der Waals surface area contributed by atoms with Crippen molar-refractivity contribution in [3.05, 3.63) is 35.4 Å². The van der Waals surface area contributed by atoms with Gasteiger partial charge in [-0.25, -0.2) is 8.42 Å². The van der Waals surface area contributed by atoms with E-state index in [9.17, 15) is 8.42 Å². The van der Waals surface area contributed by atoms with Crippen LogP contribution in [0.25, 0.3) is 0 Å². The first kappa shape index (κ1) is 13.5. The van der Waals surface area contributed by atoms with Gasteiger partial charge in [0.2, 0.25) is 10.0 Å². The molecule has 0 radical (unpaired) electrons. The van der Waals surface area contributed by atoms with Gasteiger partial charge in [-0.1, -0.05) is 29.8 Å². The fourth-order valence-electron chi connectivity index (χ4n) is 2.24. The van der Waals surface area contributed by atoms with Crippen LogP contribution in [0.5, 0.6) is 0 Å². The molecule has 0 amide bonds. The van der Waals surface area contributed by atoms with Gasteiger partial charge in [-0.3, -0.25) is 0 Å². The van der Waals surface area contributed by atoms with Crippen molar-refractivity contribution >= 4 is 10.0 Å². The predicted octanol–water partition coefficient (Wildman–Crippen LogP) is 0.771. The van der Waals surface area contributed by atoms with Crippen molar-refractivity contribution < 1.29 is 8.42 Å². The van der Waals surface area contributed by atoms with Gasteiger partial charge in [-0.2, -0.15) is 4.31 Å². The average molecular weight is 268 g/mol. The summed E-state index contributed by atoms with van der Waals surface area (Å²) >= 11 is 0. The van der Waals surface area contributed by atoms with Gasteiger partial charge in [0, 0.05) is 25.7 Å². The lowest BCUT2D eigenvalue weighted by molar-refractivity contribution is 0.298. The monoisotopic (exact) mass is 268 g/mol. The van der Waals surface area contributed by atoms with Crippen LogP contribution in [0.3, 0.4) is 0 Å². The molecule has 0 bridgehead atoms. The molecule has 0 aromatic heterocycles. The second-order valence-electron chi connectivity index (χ2n) is 4.96. The van der Waals surface area contributed by atoms with Crippen LogP contribution in [0.4, 0.5) is 0 Å². The van der Waals surface area contributed by atoms with Crippen molar-refractivity contribution in [1.82, 2.24) is 9.62 Å². The largest absolute Gasteiger partial charge is 0.311 e. The second kappa shape index (κ2) is 5.38. The molecular weight excluding hydrogens is 248 g/mol. The molecule has 1 unspecified atom stereocenters. The van der Waals surface area contributed by atoms with Crippen molar-refractivity contribution in [3.8, 4) is 0 Å². The van der Waals surface area contributed by atoms with Gasteiger partial charge in [0.05, 0.1) is 6.26 Å². The van der Waals surface area contributed by atoms with Gasteiger partial charge in [-0.05, 0) is 18.9 Å². The number of nitrogens with zero attached hydrogens (tertiary/aromatic N) is 1. The van der Waals surface area contributed by atoms with E-state index in [1.165, 1.54) is 17.4 Å². The molecule has 1 aromatic rings. The van der Waals surface area contributed by atoms with Gasteiger partial charge < -0.3 is 5.32 Å². The van der Waals surface area contributed by atoms with Gasteiger partial charge in [-0.15, -0.1) is 0 Å². The maximum absolute atomic E-state index is 11.5. The summed E-state index contributed by atoms with van der Waals surface area (Å²) in [6.45, 7) is 3.92. The summed E-state index contributed by atoms with van der Waals surface area (Å²) in [4.78, 5) is 0. The van der Waals surface area contributed by atoms with Gasteiger partial charge in [0.25, 0.3) is 0 Å². The number of hydrogen-bond acceptors (Lipinski definition) is 3. The highest BCUT2D eigenvalue weighted by Gasteiger charge is 2.25. The van der Waals surface area contributed by atoms with Crippen LogP contribution in [-0.4, -0.2) is 44.7 Å². The Hall–Kier alpha value is -0.910. The normalized spacial score (nSPS) is 22.0. The number of rotatable bonds is 3.